The molecule has 0 radical (unpaired) electrons. The van der Waals surface area contributed by atoms with Crippen LogP contribution in [0.3, 0.4) is 0 Å². The van der Waals surface area contributed by atoms with Crippen LogP contribution in [-0.4, -0.2) is 38.9 Å². The predicted molar refractivity (Wildman–Crippen MR) is 87.6 cm³/mol. The van der Waals surface area contributed by atoms with Gasteiger partial charge in [-0.1, -0.05) is 12.1 Å². The molecule has 3 nitrogen and oxygen atoms in total. The lowest BCUT2D eigenvalue weighted by Gasteiger charge is -2.30. The minimum atomic E-state index is 0.494. The first-order valence-corrected chi connectivity index (χ1v) is 7.80. The highest BCUT2D eigenvalue weighted by Crippen LogP contribution is 2.17. The van der Waals surface area contributed by atoms with Crippen molar-refractivity contribution in [3.05, 3.63) is 29.8 Å². The van der Waals surface area contributed by atoms with E-state index < -0.39 is 0 Å². The lowest BCUT2D eigenvalue weighted by molar-refractivity contribution is 0.144. The van der Waals surface area contributed by atoms with Gasteiger partial charge < -0.3 is 15.0 Å². The fraction of sp³-hybridized carbons (Fsp3) is 0.647. The summed E-state index contributed by atoms with van der Waals surface area (Å²) in [5.41, 5.74) is 2.63. The number of nitrogens with one attached hydrogen (secondary N) is 1. The van der Waals surface area contributed by atoms with Gasteiger partial charge in [0.25, 0.3) is 0 Å². The summed E-state index contributed by atoms with van der Waals surface area (Å²) in [6.07, 6.45) is 1.08. The molecule has 114 valence electrons. The summed E-state index contributed by atoms with van der Waals surface area (Å²) in [6.45, 7) is 13.4. The molecule has 0 heterocycles. The van der Waals surface area contributed by atoms with Crippen LogP contribution in [-0.2, 0) is 4.74 Å². The van der Waals surface area contributed by atoms with Gasteiger partial charge in [0.2, 0.25) is 0 Å². The molecule has 1 aromatic carbocycles. The van der Waals surface area contributed by atoms with Crippen LogP contribution in [0.5, 0.6) is 0 Å². The molecule has 0 fully saturated rings. The molecule has 0 saturated carbocycles. The third-order valence-corrected chi connectivity index (χ3v) is 3.49. The summed E-state index contributed by atoms with van der Waals surface area (Å²) < 4.78 is 5.34. The Bertz CT molecular complexity index is 368. The number of ether oxygens (including phenoxy) is 1. The number of likely N-dealkylation sites (N-methyl/N-ethyl adjacent to an activating group) is 1. The van der Waals surface area contributed by atoms with E-state index in [1.54, 1.807) is 0 Å². The number of anilines is 1. The summed E-state index contributed by atoms with van der Waals surface area (Å²) in [4.78, 5) is 2.45. The molecule has 0 aliphatic carbocycles. The molecule has 1 unspecified atom stereocenters. The van der Waals surface area contributed by atoms with Crippen LogP contribution < -0.4 is 10.2 Å². The van der Waals surface area contributed by atoms with E-state index in [2.05, 4.69) is 55.3 Å². The van der Waals surface area contributed by atoms with E-state index in [1.165, 1.54) is 11.3 Å². The number of benzene rings is 1. The Balaban J connectivity index is 2.37. The molecule has 1 rings (SSSR count). The first-order chi connectivity index (χ1) is 9.69. The van der Waals surface area contributed by atoms with Gasteiger partial charge in [-0.2, -0.15) is 0 Å². The van der Waals surface area contributed by atoms with Crippen molar-refractivity contribution < 1.29 is 4.74 Å². The Morgan fingerprint density at radius 3 is 2.75 bits per heavy atom. The van der Waals surface area contributed by atoms with Crippen molar-refractivity contribution in [3.8, 4) is 0 Å². The predicted octanol–water partition coefficient (Wildman–Crippen LogP) is 3.23. The Morgan fingerprint density at radius 2 is 2.10 bits per heavy atom. The van der Waals surface area contributed by atoms with Crippen molar-refractivity contribution in [2.24, 2.45) is 0 Å². The molecule has 0 spiro atoms. The van der Waals surface area contributed by atoms with Crippen molar-refractivity contribution in [2.45, 2.75) is 40.2 Å². The standard InChI is InChI=1S/C17H30N2O/c1-5-19(17-10-7-9-15(3)13-17)16(4)14-18-11-8-12-20-6-2/h7,9-10,13,16,18H,5-6,8,11-12,14H2,1-4H3. The highest BCUT2D eigenvalue weighted by Gasteiger charge is 2.12. The van der Waals surface area contributed by atoms with Gasteiger partial charge in [0.05, 0.1) is 0 Å². The minimum absolute atomic E-state index is 0.494. The molecule has 0 bridgehead atoms. The van der Waals surface area contributed by atoms with Gasteiger partial charge >= 0.3 is 0 Å². The molecule has 20 heavy (non-hydrogen) atoms. The van der Waals surface area contributed by atoms with Crippen LogP contribution in [0.2, 0.25) is 0 Å². The third-order valence-electron chi connectivity index (χ3n) is 3.49. The van der Waals surface area contributed by atoms with Gasteiger partial charge in [-0.15, -0.1) is 0 Å². The molecule has 0 saturated heterocycles. The van der Waals surface area contributed by atoms with E-state index in [9.17, 15) is 0 Å². The average Bonchev–Trinajstić information content (AvgIpc) is 2.43. The van der Waals surface area contributed by atoms with E-state index in [0.717, 1.165) is 39.3 Å². The van der Waals surface area contributed by atoms with E-state index in [4.69, 9.17) is 4.74 Å². The Labute approximate surface area is 124 Å². The second-order valence-corrected chi connectivity index (χ2v) is 5.23. The molecule has 0 aromatic heterocycles. The lowest BCUT2D eigenvalue weighted by atomic mass is 10.1. The number of nitrogens with zero attached hydrogens (tertiary/aromatic N) is 1. The van der Waals surface area contributed by atoms with Crippen molar-refractivity contribution in [3.63, 3.8) is 0 Å². The van der Waals surface area contributed by atoms with Gasteiger partial charge in [-0.05, 0) is 58.4 Å². The Morgan fingerprint density at radius 1 is 1.30 bits per heavy atom. The van der Waals surface area contributed by atoms with E-state index >= 15 is 0 Å². The van der Waals surface area contributed by atoms with Crippen molar-refractivity contribution in [1.82, 2.24) is 5.32 Å². The van der Waals surface area contributed by atoms with Gasteiger partial charge in [-0.25, -0.2) is 0 Å². The van der Waals surface area contributed by atoms with Gasteiger partial charge in [-0.3, -0.25) is 0 Å². The zero-order valence-electron chi connectivity index (χ0n) is 13.5. The summed E-state index contributed by atoms with van der Waals surface area (Å²) in [6, 6.07) is 9.23. The molecular weight excluding hydrogens is 248 g/mol. The fourth-order valence-electron chi connectivity index (χ4n) is 2.42. The molecule has 1 N–H and O–H groups in total. The van der Waals surface area contributed by atoms with Crippen molar-refractivity contribution in [1.29, 1.82) is 0 Å². The molecule has 0 amide bonds. The monoisotopic (exact) mass is 278 g/mol. The number of hydrogen-bond donors (Lipinski definition) is 1. The van der Waals surface area contributed by atoms with Crippen LogP contribution >= 0.6 is 0 Å². The fourth-order valence-corrected chi connectivity index (χ4v) is 2.42. The second kappa shape index (κ2) is 9.78. The lowest BCUT2D eigenvalue weighted by Crippen LogP contribution is -2.40. The summed E-state index contributed by atoms with van der Waals surface area (Å²) in [7, 11) is 0. The maximum Gasteiger partial charge on any atom is 0.0477 e. The maximum absolute atomic E-state index is 5.34. The van der Waals surface area contributed by atoms with Crippen LogP contribution in [0, 0.1) is 6.92 Å². The van der Waals surface area contributed by atoms with E-state index in [0.29, 0.717) is 6.04 Å². The van der Waals surface area contributed by atoms with E-state index in [1.807, 2.05) is 6.92 Å². The summed E-state index contributed by atoms with van der Waals surface area (Å²) in [5.74, 6) is 0. The average molecular weight is 278 g/mol. The van der Waals surface area contributed by atoms with E-state index in [-0.39, 0.29) is 0 Å². The molecule has 1 atom stereocenters. The normalized spacial score (nSPS) is 12.4. The number of rotatable bonds is 10. The Kier molecular flexibility index (Phi) is 8.31. The second-order valence-electron chi connectivity index (χ2n) is 5.23. The zero-order valence-corrected chi connectivity index (χ0v) is 13.5. The summed E-state index contributed by atoms with van der Waals surface area (Å²) >= 11 is 0. The van der Waals surface area contributed by atoms with Crippen molar-refractivity contribution >= 4 is 5.69 Å². The number of hydrogen-bond acceptors (Lipinski definition) is 3. The van der Waals surface area contributed by atoms with Crippen molar-refractivity contribution in [2.75, 3.05) is 37.7 Å². The quantitative estimate of drug-likeness (QED) is 0.665. The van der Waals surface area contributed by atoms with Crippen LogP contribution in [0.15, 0.2) is 24.3 Å². The van der Waals surface area contributed by atoms with Gasteiger partial charge in [0, 0.05) is 38.0 Å². The first-order valence-electron chi connectivity index (χ1n) is 7.80. The highest BCUT2D eigenvalue weighted by atomic mass is 16.5. The SMILES string of the molecule is CCOCCCNCC(C)N(CC)c1cccc(C)c1. The molecule has 3 heteroatoms. The van der Waals surface area contributed by atoms with Crippen LogP contribution in [0.25, 0.3) is 0 Å². The van der Waals surface area contributed by atoms with Crippen LogP contribution in [0.1, 0.15) is 32.8 Å². The van der Waals surface area contributed by atoms with Crippen LogP contribution in [0.4, 0.5) is 5.69 Å². The molecule has 0 aliphatic heterocycles. The largest absolute Gasteiger partial charge is 0.382 e. The first kappa shape index (κ1) is 17.0. The molecule has 1 aromatic rings. The Hall–Kier alpha value is -1.06. The summed E-state index contributed by atoms with van der Waals surface area (Å²) in [5, 5.41) is 3.52. The minimum Gasteiger partial charge on any atom is -0.382 e. The highest BCUT2D eigenvalue weighted by molar-refractivity contribution is 5.49. The van der Waals surface area contributed by atoms with Gasteiger partial charge in [0.15, 0.2) is 0 Å². The van der Waals surface area contributed by atoms with Gasteiger partial charge in [0.1, 0.15) is 0 Å². The zero-order chi connectivity index (χ0) is 14.8. The number of aryl methyl sites for hydroxylation is 1. The third kappa shape index (κ3) is 5.93. The smallest absolute Gasteiger partial charge is 0.0477 e. The molecule has 0 aliphatic rings. The topological polar surface area (TPSA) is 24.5 Å². The maximum atomic E-state index is 5.34. The molecular formula is C17H30N2O.